The molecule has 2 unspecified atom stereocenters. The van der Waals surface area contributed by atoms with Gasteiger partial charge in [-0.1, -0.05) is 30.7 Å². The first-order valence-electron chi connectivity index (χ1n) is 15.1. The molecular weight excluding hydrogens is 562 g/mol. The molecule has 3 aromatic carbocycles. The molecule has 1 aliphatic carbocycles. The predicted octanol–water partition coefficient (Wildman–Crippen LogP) is 6.06. The SMILES string of the molecule is CC(C)Oc1ccc(COc2ccc(CCCOc3ccc(C(=O)O)cc3CC(=O)NC3CCCC(C(=O)O)C3)cc2)cc1. The van der Waals surface area contributed by atoms with Crippen molar-refractivity contribution in [1.82, 2.24) is 5.32 Å². The molecule has 4 rings (SSSR count). The number of nitrogens with one attached hydrogen (secondary N) is 1. The number of aryl methyl sites for hydroxylation is 1. The molecule has 0 saturated heterocycles. The number of rotatable bonds is 15. The molecule has 9 heteroatoms. The molecule has 1 fully saturated rings. The molecule has 44 heavy (non-hydrogen) atoms. The predicted molar refractivity (Wildman–Crippen MR) is 165 cm³/mol. The number of aliphatic carboxylic acids is 1. The summed E-state index contributed by atoms with van der Waals surface area (Å²) in [6.07, 6.45) is 4.04. The van der Waals surface area contributed by atoms with Crippen molar-refractivity contribution >= 4 is 17.8 Å². The Kier molecular flexibility index (Phi) is 11.6. The molecule has 1 amide bonds. The minimum Gasteiger partial charge on any atom is -0.493 e. The highest BCUT2D eigenvalue weighted by Gasteiger charge is 2.28. The zero-order valence-corrected chi connectivity index (χ0v) is 25.3. The van der Waals surface area contributed by atoms with E-state index in [0.717, 1.165) is 48.3 Å². The summed E-state index contributed by atoms with van der Waals surface area (Å²) in [6.45, 7) is 4.83. The minimum atomic E-state index is -1.09. The number of carboxylic acids is 2. The van der Waals surface area contributed by atoms with E-state index in [9.17, 15) is 24.6 Å². The number of aromatic carboxylic acids is 1. The highest BCUT2D eigenvalue weighted by Crippen LogP contribution is 2.26. The number of hydrogen-bond acceptors (Lipinski definition) is 6. The summed E-state index contributed by atoms with van der Waals surface area (Å²) in [5.74, 6) is -0.592. The van der Waals surface area contributed by atoms with Crippen LogP contribution in [0.2, 0.25) is 0 Å². The van der Waals surface area contributed by atoms with Crippen LogP contribution in [0.4, 0.5) is 0 Å². The third-order valence-electron chi connectivity index (χ3n) is 7.54. The number of carboxylic acid groups (broad SMARTS) is 2. The van der Waals surface area contributed by atoms with Gasteiger partial charge in [-0.2, -0.15) is 0 Å². The van der Waals surface area contributed by atoms with E-state index in [1.807, 2.05) is 62.4 Å². The highest BCUT2D eigenvalue weighted by molar-refractivity contribution is 5.89. The zero-order chi connectivity index (χ0) is 31.5. The molecule has 9 nitrogen and oxygen atoms in total. The fraction of sp³-hybridized carbons (Fsp3) is 0.400. The van der Waals surface area contributed by atoms with Crippen LogP contribution in [0.25, 0.3) is 0 Å². The molecule has 3 aromatic rings. The standard InChI is InChI=1S/C35H41NO8/c1-23(2)44-31-15-10-25(11-16-31)22-43-30-13-8-24(9-14-30)5-4-18-42-32-17-12-27(35(40)41)19-28(32)21-33(37)36-29-7-3-6-26(20-29)34(38)39/h8-17,19,23,26,29H,3-7,18,20-22H2,1-2H3,(H,36,37)(H,38,39)(H,40,41). The summed E-state index contributed by atoms with van der Waals surface area (Å²) in [6, 6.07) is 20.1. The molecule has 1 aliphatic rings. The van der Waals surface area contributed by atoms with Crippen molar-refractivity contribution in [2.24, 2.45) is 5.92 Å². The molecule has 0 aliphatic heterocycles. The third-order valence-corrected chi connectivity index (χ3v) is 7.54. The van der Waals surface area contributed by atoms with Crippen LogP contribution >= 0.6 is 0 Å². The van der Waals surface area contributed by atoms with Gasteiger partial charge in [-0.05, 0) is 99.5 Å². The first-order valence-corrected chi connectivity index (χ1v) is 15.1. The Balaban J connectivity index is 1.25. The van der Waals surface area contributed by atoms with Crippen molar-refractivity contribution in [3.05, 3.63) is 89.0 Å². The van der Waals surface area contributed by atoms with E-state index in [1.54, 1.807) is 6.07 Å². The van der Waals surface area contributed by atoms with Gasteiger partial charge in [0.1, 0.15) is 23.9 Å². The van der Waals surface area contributed by atoms with Crippen molar-refractivity contribution in [3.8, 4) is 17.2 Å². The quantitative estimate of drug-likeness (QED) is 0.179. The van der Waals surface area contributed by atoms with Crippen LogP contribution in [-0.4, -0.2) is 46.8 Å². The van der Waals surface area contributed by atoms with Crippen molar-refractivity contribution < 1.29 is 38.8 Å². The number of carbonyl (C=O) groups excluding carboxylic acids is 1. The van der Waals surface area contributed by atoms with E-state index >= 15 is 0 Å². The average Bonchev–Trinajstić information content (AvgIpc) is 3.00. The molecule has 1 saturated carbocycles. The number of hydrogen-bond donors (Lipinski definition) is 3. The monoisotopic (exact) mass is 603 g/mol. The Bertz CT molecular complexity index is 1400. The van der Waals surface area contributed by atoms with Crippen LogP contribution in [0.5, 0.6) is 17.2 Å². The third kappa shape index (κ3) is 10.0. The number of benzene rings is 3. The van der Waals surface area contributed by atoms with Gasteiger partial charge in [0.15, 0.2) is 0 Å². The second-order valence-corrected chi connectivity index (χ2v) is 11.5. The fourth-order valence-corrected chi connectivity index (χ4v) is 5.30. The van der Waals surface area contributed by atoms with Crippen LogP contribution in [0.15, 0.2) is 66.7 Å². The second kappa shape index (κ2) is 15.8. The van der Waals surface area contributed by atoms with Crippen LogP contribution in [0.3, 0.4) is 0 Å². The van der Waals surface area contributed by atoms with E-state index in [0.29, 0.717) is 37.4 Å². The topological polar surface area (TPSA) is 131 Å². The van der Waals surface area contributed by atoms with Crippen molar-refractivity contribution in [3.63, 3.8) is 0 Å². The maximum absolute atomic E-state index is 12.8. The first-order chi connectivity index (χ1) is 21.2. The molecule has 0 heterocycles. The van der Waals surface area contributed by atoms with Crippen molar-refractivity contribution in [2.75, 3.05) is 6.61 Å². The summed E-state index contributed by atoms with van der Waals surface area (Å²) in [5, 5.41) is 21.7. The highest BCUT2D eigenvalue weighted by atomic mass is 16.5. The average molecular weight is 604 g/mol. The summed E-state index contributed by atoms with van der Waals surface area (Å²) < 4.78 is 17.6. The molecule has 0 spiro atoms. The molecule has 0 radical (unpaired) electrons. The maximum Gasteiger partial charge on any atom is 0.335 e. The van der Waals surface area contributed by atoms with Crippen molar-refractivity contribution in [1.29, 1.82) is 0 Å². The van der Waals surface area contributed by atoms with Gasteiger partial charge in [0.2, 0.25) is 5.91 Å². The van der Waals surface area contributed by atoms with Crippen LogP contribution in [-0.2, 0) is 29.0 Å². The maximum atomic E-state index is 12.8. The van der Waals surface area contributed by atoms with Crippen molar-refractivity contribution in [2.45, 2.75) is 77.5 Å². The Hall–Kier alpha value is -4.53. The molecule has 3 N–H and O–H groups in total. The number of amides is 1. The fourth-order valence-electron chi connectivity index (χ4n) is 5.30. The van der Waals surface area contributed by atoms with Gasteiger partial charge < -0.3 is 29.7 Å². The van der Waals surface area contributed by atoms with E-state index in [-0.39, 0.29) is 30.0 Å². The zero-order valence-electron chi connectivity index (χ0n) is 25.3. The normalized spacial score (nSPS) is 16.2. The van der Waals surface area contributed by atoms with E-state index in [1.165, 1.54) is 12.1 Å². The lowest BCUT2D eigenvalue weighted by Crippen LogP contribution is -2.40. The van der Waals surface area contributed by atoms with Gasteiger partial charge in [0, 0.05) is 11.6 Å². The Morgan fingerprint density at radius 1 is 0.886 bits per heavy atom. The largest absolute Gasteiger partial charge is 0.493 e. The lowest BCUT2D eigenvalue weighted by Gasteiger charge is -2.27. The Morgan fingerprint density at radius 3 is 2.27 bits per heavy atom. The van der Waals surface area contributed by atoms with Crippen LogP contribution in [0, 0.1) is 5.92 Å². The van der Waals surface area contributed by atoms with E-state index < -0.39 is 17.9 Å². The molecule has 2 atom stereocenters. The molecule has 0 bridgehead atoms. The smallest absolute Gasteiger partial charge is 0.335 e. The number of ether oxygens (including phenoxy) is 3. The summed E-state index contributed by atoms with van der Waals surface area (Å²) in [7, 11) is 0. The lowest BCUT2D eigenvalue weighted by molar-refractivity contribution is -0.143. The summed E-state index contributed by atoms with van der Waals surface area (Å²) in [4.78, 5) is 35.8. The van der Waals surface area contributed by atoms with E-state index in [4.69, 9.17) is 14.2 Å². The van der Waals surface area contributed by atoms with Crippen LogP contribution < -0.4 is 19.5 Å². The molecule has 234 valence electrons. The summed E-state index contributed by atoms with van der Waals surface area (Å²) in [5.41, 5.74) is 2.74. The lowest BCUT2D eigenvalue weighted by atomic mass is 9.85. The minimum absolute atomic E-state index is 0.0536. The Morgan fingerprint density at radius 2 is 1.59 bits per heavy atom. The van der Waals surface area contributed by atoms with Gasteiger partial charge in [0.25, 0.3) is 0 Å². The van der Waals surface area contributed by atoms with Gasteiger partial charge in [-0.25, -0.2) is 4.79 Å². The van der Waals surface area contributed by atoms with Crippen LogP contribution in [0.1, 0.15) is 73.0 Å². The number of carbonyl (C=O) groups is 3. The van der Waals surface area contributed by atoms with E-state index in [2.05, 4.69) is 5.32 Å². The first kappa shape index (κ1) is 32.4. The Labute approximate surface area is 258 Å². The molecular formula is C35H41NO8. The van der Waals surface area contributed by atoms with Gasteiger partial charge in [-0.3, -0.25) is 9.59 Å². The van der Waals surface area contributed by atoms with Gasteiger partial charge in [-0.15, -0.1) is 0 Å². The van der Waals surface area contributed by atoms with Gasteiger partial charge in [0.05, 0.1) is 30.6 Å². The van der Waals surface area contributed by atoms with Gasteiger partial charge >= 0.3 is 11.9 Å². The summed E-state index contributed by atoms with van der Waals surface area (Å²) >= 11 is 0. The molecule has 0 aromatic heterocycles. The second-order valence-electron chi connectivity index (χ2n) is 11.5.